The predicted octanol–water partition coefficient (Wildman–Crippen LogP) is 2.66. The van der Waals surface area contributed by atoms with Crippen LogP contribution in [0.5, 0.6) is 5.75 Å². The molecule has 3 aromatic rings. The number of hydrogen-bond donors (Lipinski definition) is 3. The second-order valence-electron chi connectivity index (χ2n) is 8.17. The number of rotatable bonds is 11. The Morgan fingerprint density at radius 3 is 2.14 bits per heavy atom. The Kier molecular flexibility index (Phi) is 8.95. The standard InChI is InChI=1S/C27H28FN3O4/c1-18(32)30-25(15-19-10-12-22(28)13-11-19)27(34)31-24(26(29)33)16-21-8-5-9-23(14-21)35-17-20-6-3-2-4-7-20/h2-14,24-25H,15-17H2,1H3,(H2,29,33)(H,30,32)(H,31,34)/t24-,25+/m1/s1. The Morgan fingerprint density at radius 1 is 0.829 bits per heavy atom. The molecule has 0 aromatic heterocycles. The van der Waals surface area contributed by atoms with Crippen molar-refractivity contribution >= 4 is 17.7 Å². The molecule has 0 saturated heterocycles. The van der Waals surface area contributed by atoms with Crippen molar-refractivity contribution in [2.24, 2.45) is 5.73 Å². The molecular formula is C27H28FN3O4. The molecule has 0 spiro atoms. The largest absolute Gasteiger partial charge is 0.489 e. The first-order valence-corrected chi connectivity index (χ1v) is 11.2. The molecule has 7 nitrogen and oxygen atoms in total. The molecule has 2 atom stereocenters. The molecule has 3 aromatic carbocycles. The van der Waals surface area contributed by atoms with E-state index >= 15 is 0 Å². The molecule has 0 radical (unpaired) electrons. The Morgan fingerprint density at radius 2 is 1.49 bits per heavy atom. The van der Waals surface area contributed by atoms with Crippen LogP contribution < -0.4 is 21.1 Å². The molecule has 0 aliphatic carbocycles. The van der Waals surface area contributed by atoms with E-state index in [4.69, 9.17) is 10.5 Å². The molecule has 8 heteroatoms. The van der Waals surface area contributed by atoms with Crippen LogP contribution >= 0.6 is 0 Å². The van der Waals surface area contributed by atoms with E-state index in [9.17, 15) is 18.8 Å². The van der Waals surface area contributed by atoms with Gasteiger partial charge in [0.2, 0.25) is 17.7 Å². The van der Waals surface area contributed by atoms with Gasteiger partial charge in [-0.05, 0) is 41.0 Å². The molecule has 0 bridgehead atoms. The van der Waals surface area contributed by atoms with Crippen molar-refractivity contribution in [2.45, 2.75) is 38.5 Å². The summed E-state index contributed by atoms with van der Waals surface area (Å²) >= 11 is 0. The van der Waals surface area contributed by atoms with Gasteiger partial charge in [0, 0.05) is 19.8 Å². The fraction of sp³-hybridized carbons (Fsp3) is 0.222. The minimum Gasteiger partial charge on any atom is -0.489 e. The number of carbonyl (C=O) groups excluding carboxylic acids is 3. The third-order valence-electron chi connectivity index (χ3n) is 5.29. The number of hydrogen-bond acceptors (Lipinski definition) is 4. The zero-order valence-electron chi connectivity index (χ0n) is 19.4. The Hall–Kier alpha value is -4.20. The van der Waals surface area contributed by atoms with Gasteiger partial charge >= 0.3 is 0 Å². The number of primary amides is 1. The van der Waals surface area contributed by atoms with E-state index in [1.54, 1.807) is 24.3 Å². The highest BCUT2D eigenvalue weighted by Crippen LogP contribution is 2.17. The predicted molar refractivity (Wildman–Crippen MR) is 130 cm³/mol. The topological polar surface area (TPSA) is 111 Å². The molecule has 0 fully saturated rings. The molecule has 0 heterocycles. The van der Waals surface area contributed by atoms with Crippen molar-refractivity contribution in [3.63, 3.8) is 0 Å². The first-order valence-electron chi connectivity index (χ1n) is 11.2. The van der Waals surface area contributed by atoms with Gasteiger partial charge in [-0.2, -0.15) is 0 Å². The number of benzene rings is 3. The molecule has 0 aliphatic rings. The van der Waals surface area contributed by atoms with Crippen LogP contribution in [0, 0.1) is 5.82 Å². The number of nitrogens with one attached hydrogen (secondary N) is 2. The zero-order valence-corrected chi connectivity index (χ0v) is 19.4. The fourth-order valence-electron chi connectivity index (χ4n) is 3.54. The van der Waals surface area contributed by atoms with Crippen molar-refractivity contribution < 1.29 is 23.5 Å². The van der Waals surface area contributed by atoms with Crippen LogP contribution in [0.4, 0.5) is 4.39 Å². The highest BCUT2D eigenvalue weighted by atomic mass is 19.1. The Labute approximate surface area is 203 Å². The molecule has 4 N–H and O–H groups in total. The quantitative estimate of drug-likeness (QED) is 0.394. The smallest absolute Gasteiger partial charge is 0.243 e. The van der Waals surface area contributed by atoms with Crippen molar-refractivity contribution in [3.8, 4) is 5.75 Å². The van der Waals surface area contributed by atoms with E-state index in [0.717, 1.165) is 11.1 Å². The highest BCUT2D eigenvalue weighted by Gasteiger charge is 2.25. The van der Waals surface area contributed by atoms with E-state index in [2.05, 4.69) is 10.6 Å². The summed E-state index contributed by atoms with van der Waals surface area (Å²) in [4.78, 5) is 36.7. The summed E-state index contributed by atoms with van der Waals surface area (Å²) in [5.74, 6) is -1.47. The average molecular weight is 478 g/mol. The third kappa shape index (κ3) is 8.26. The van der Waals surface area contributed by atoms with Gasteiger partial charge in [0.15, 0.2) is 0 Å². The van der Waals surface area contributed by atoms with Crippen LogP contribution in [-0.2, 0) is 33.8 Å². The molecule has 35 heavy (non-hydrogen) atoms. The molecular weight excluding hydrogens is 449 g/mol. The van der Waals surface area contributed by atoms with E-state index in [1.807, 2.05) is 30.3 Å². The summed E-state index contributed by atoms with van der Waals surface area (Å²) in [7, 11) is 0. The number of amides is 3. The van der Waals surface area contributed by atoms with E-state index in [-0.39, 0.29) is 12.8 Å². The minimum absolute atomic E-state index is 0.125. The molecule has 0 unspecified atom stereocenters. The van der Waals surface area contributed by atoms with Gasteiger partial charge in [-0.25, -0.2) is 4.39 Å². The number of halogens is 1. The zero-order chi connectivity index (χ0) is 25.2. The average Bonchev–Trinajstić information content (AvgIpc) is 2.84. The minimum atomic E-state index is -1.00. The van der Waals surface area contributed by atoms with Crippen molar-refractivity contribution in [1.29, 1.82) is 0 Å². The van der Waals surface area contributed by atoms with E-state index in [1.165, 1.54) is 31.2 Å². The van der Waals surface area contributed by atoms with Crippen LogP contribution in [0.15, 0.2) is 78.9 Å². The lowest BCUT2D eigenvalue weighted by molar-refractivity contribution is -0.130. The number of ether oxygens (including phenoxy) is 1. The summed E-state index contributed by atoms with van der Waals surface area (Å²) in [5, 5.41) is 5.21. The molecule has 182 valence electrons. The molecule has 0 saturated carbocycles. The summed E-state index contributed by atoms with van der Waals surface area (Å²) in [6, 6.07) is 20.6. The van der Waals surface area contributed by atoms with Gasteiger partial charge in [0.1, 0.15) is 30.3 Å². The lowest BCUT2D eigenvalue weighted by atomic mass is 10.0. The van der Waals surface area contributed by atoms with Crippen molar-refractivity contribution in [1.82, 2.24) is 10.6 Å². The lowest BCUT2D eigenvalue weighted by Gasteiger charge is -2.22. The maximum Gasteiger partial charge on any atom is 0.243 e. The highest BCUT2D eigenvalue weighted by molar-refractivity contribution is 5.91. The number of nitrogens with two attached hydrogens (primary N) is 1. The van der Waals surface area contributed by atoms with Crippen LogP contribution in [0.25, 0.3) is 0 Å². The van der Waals surface area contributed by atoms with Crippen LogP contribution in [0.3, 0.4) is 0 Å². The van der Waals surface area contributed by atoms with E-state index < -0.39 is 35.6 Å². The van der Waals surface area contributed by atoms with Gasteiger partial charge in [-0.1, -0.05) is 54.6 Å². The monoisotopic (exact) mass is 477 g/mol. The maximum absolute atomic E-state index is 13.2. The third-order valence-corrected chi connectivity index (χ3v) is 5.29. The maximum atomic E-state index is 13.2. The summed E-state index contributed by atoms with van der Waals surface area (Å²) < 4.78 is 19.0. The van der Waals surface area contributed by atoms with Gasteiger partial charge in [-0.15, -0.1) is 0 Å². The summed E-state index contributed by atoms with van der Waals surface area (Å²) in [5.41, 5.74) is 7.98. The van der Waals surface area contributed by atoms with Crippen molar-refractivity contribution in [3.05, 3.63) is 101 Å². The van der Waals surface area contributed by atoms with Gasteiger partial charge < -0.3 is 21.1 Å². The second kappa shape index (κ2) is 12.3. The summed E-state index contributed by atoms with van der Waals surface area (Å²) in [6.45, 7) is 1.68. The fourth-order valence-corrected chi connectivity index (χ4v) is 3.54. The SMILES string of the molecule is CC(=O)N[C@@H](Cc1ccc(F)cc1)C(=O)N[C@H](Cc1cccc(OCc2ccccc2)c1)C(N)=O. The molecule has 3 rings (SSSR count). The first-order chi connectivity index (χ1) is 16.8. The van der Waals surface area contributed by atoms with E-state index in [0.29, 0.717) is 17.9 Å². The van der Waals surface area contributed by atoms with Crippen molar-refractivity contribution in [2.75, 3.05) is 0 Å². The molecule has 3 amide bonds. The Balaban J connectivity index is 1.66. The van der Waals surface area contributed by atoms with Gasteiger partial charge in [0.25, 0.3) is 0 Å². The number of carbonyl (C=O) groups is 3. The normalized spacial score (nSPS) is 12.3. The van der Waals surface area contributed by atoms with Crippen LogP contribution in [-0.4, -0.2) is 29.8 Å². The first kappa shape index (κ1) is 25.4. The Bertz CT molecular complexity index is 1150. The summed E-state index contributed by atoms with van der Waals surface area (Å²) in [6.07, 6.45) is 0.271. The van der Waals surface area contributed by atoms with Gasteiger partial charge in [-0.3, -0.25) is 14.4 Å². The van der Waals surface area contributed by atoms with Gasteiger partial charge in [0.05, 0.1) is 0 Å². The van der Waals surface area contributed by atoms with Crippen LogP contribution in [0.1, 0.15) is 23.6 Å². The van der Waals surface area contributed by atoms with Crippen LogP contribution in [0.2, 0.25) is 0 Å². The molecule has 0 aliphatic heterocycles. The second-order valence-corrected chi connectivity index (χ2v) is 8.17. The lowest BCUT2D eigenvalue weighted by Crippen LogP contribution is -2.54.